The monoisotopic (exact) mass is 315 g/mol. The molecule has 0 saturated heterocycles. The van der Waals surface area contributed by atoms with Gasteiger partial charge in [0.25, 0.3) is 0 Å². The Morgan fingerprint density at radius 1 is 1.09 bits per heavy atom. The van der Waals surface area contributed by atoms with E-state index in [1.165, 1.54) is 18.2 Å². The van der Waals surface area contributed by atoms with Crippen LogP contribution in [0.2, 0.25) is 0 Å². The molecular weight excluding hydrogens is 298 g/mol. The topological polar surface area (TPSA) is 95.9 Å². The number of carbonyl (C=O) groups is 2. The van der Waals surface area contributed by atoms with E-state index in [1.807, 2.05) is 18.2 Å². The van der Waals surface area contributed by atoms with Gasteiger partial charge in [0.05, 0.1) is 25.1 Å². The standard InChI is InChI=1S/C17H17NO5/c19-15-7-6-12(11-17(21)22)10-14(15)18-16(20)8-9-23-13-4-2-1-3-5-13/h1-7,10,19H,8-9,11H2,(H,18,20)(H,21,22). The summed E-state index contributed by atoms with van der Waals surface area (Å²) in [7, 11) is 0. The van der Waals surface area contributed by atoms with Gasteiger partial charge in [-0.1, -0.05) is 24.3 Å². The van der Waals surface area contributed by atoms with Crippen molar-refractivity contribution in [2.45, 2.75) is 12.8 Å². The molecule has 0 atom stereocenters. The molecule has 6 nitrogen and oxygen atoms in total. The summed E-state index contributed by atoms with van der Waals surface area (Å²) in [6, 6.07) is 13.4. The highest BCUT2D eigenvalue weighted by Gasteiger charge is 2.09. The second kappa shape index (κ2) is 7.84. The quantitative estimate of drug-likeness (QED) is 0.682. The summed E-state index contributed by atoms with van der Waals surface area (Å²) in [5.74, 6) is -0.754. The number of para-hydroxylation sites is 1. The molecule has 0 aliphatic carbocycles. The molecule has 120 valence electrons. The van der Waals surface area contributed by atoms with Crippen molar-refractivity contribution in [3.63, 3.8) is 0 Å². The number of amides is 1. The van der Waals surface area contributed by atoms with E-state index in [0.717, 1.165) is 0 Å². The minimum absolute atomic E-state index is 0.109. The summed E-state index contributed by atoms with van der Waals surface area (Å²) in [5.41, 5.74) is 0.680. The Labute approximate surface area is 133 Å². The van der Waals surface area contributed by atoms with Crippen LogP contribution in [0.25, 0.3) is 0 Å². The van der Waals surface area contributed by atoms with Gasteiger partial charge in [0, 0.05) is 0 Å². The summed E-state index contributed by atoms with van der Waals surface area (Å²) in [6.45, 7) is 0.200. The van der Waals surface area contributed by atoms with Crippen LogP contribution < -0.4 is 10.1 Å². The number of nitrogens with one attached hydrogen (secondary N) is 1. The lowest BCUT2D eigenvalue weighted by Gasteiger charge is -2.10. The minimum Gasteiger partial charge on any atom is -0.506 e. The third kappa shape index (κ3) is 5.35. The number of aromatic hydroxyl groups is 1. The lowest BCUT2D eigenvalue weighted by molar-refractivity contribution is -0.136. The normalized spacial score (nSPS) is 10.1. The van der Waals surface area contributed by atoms with E-state index in [2.05, 4.69) is 5.32 Å². The number of carbonyl (C=O) groups excluding carboxylic acids is 1. The Bertz CT molecular complexity index is 685. The number of rotatable bonds is 7. The molecule has 2 aromatic rings. The Kier molecular flexibility index (Phi) is 5.57. The van der Waals surface area contributed by atoms with E-state index < -0.39 is 5.97 Å². The third-order valence-corrected chi connectivity index (χ3v) is 3.03. The molecule has 2 aromatic carbocycles. The maximum Gasteiger partial charge on any atom is 0.307 e. The predicted octanol–water partition coefficient (Wildman–Crippen LogP) is 2.43. The van der Waals surface area contributed by atoms with Crippen molar-refractivity contribution in [2.24, 2.45) is 0 Å². The second-order valence-corrected chi connectivity index (χ2v) is 4.88. The molecule has 2 rings (SSSR count). The van der Waals surface area contributed by atoms with Crippen molar-refractivity contribution in [3.8, 4) is 11.5 Å². The van der Waals surface area contributed by atoms with Crippen LogP contribution in [-0.4, -0.2) is 28.7 Å². The first kappa shape index (κ1) is 16.4. The fourth-order valence-electron chi connectivity index (χ4n) is 1.96. The maximum atomic E-state index is 11.9. The molecule has 0 aromatic heterocycles. The van der Waals surface area contributed by atoms with Gasteiger partial charge < -0.3 is 20.3 Å². The average Bonchev–Trinajstić information content (AvgIpc) is 2.51. The first-order valence-electron chi connectivity index (χ1n) is 7.06. The van der Waals surface area contributed by atoms with Gasteiger partial charge in [-0.2, -0.15) is 0 Å². The first-order chi connectivity index (χ1) is 11.0. The van der Waals surface area contributed by atoms with Crippen molar-refractivity contribution in [2.75, 3.05) is 11.9 Å². The van der Waals surface area contributed by atoms with Crippen LogP contribution in [0, 0.1) is 0 Å². The number of hydrogen-bond donors (Lipinski definition) is 3. The zero-order valence-electron chi connectivity index (χ0n) is 12.4. The van der Waals surface area contributed by atoms with Crippen molar-refractivity contribution >= 4 is 17.6 Å². The molecule has 0 aliphatic heterocycles. The van der Waals surface area contributed by atoms with Gasteiger partial charge in [0.1, 0.15) is 11.5 Å². The molecule has 0 bridgehead atoms. The third-order valence-electron chi connectivity index (χ3n) is 3.03. The fourth-order valence-corrected chi connectivity index (χ4v) is 1.96. The van der Waals surface area contributed by atoms with Gasteiger partial charge in [0.15, 0.2) is 0 Å². The van der Waals surface area contributed by atoms with Crippen LogP contribution >= 0.6 is 0 Å². The Morgan fingerprint density at radius 3 is 2.52 bits per heavy atom. The van der Waals surface area contributed by atoms with E-state index in [-0.39, 0.29) is 36.8 Å². The van der Waals surface area contributed by atoms with E-state index in [0.29, 0.717) is 11.3 Å². The minimum atomic E-state index is -0.982. The molecule has 0 heterocycles. The molecule has 0 unspecified atom stereocenters. The number of benzene rings is 2. The van der Waals surface area contributed by atoms with E-state index in [1.54, 1.807) is 12.1 Å². The molecule has 0 radical (unpaired) electrons. The van der Waals surface area contributed by atoms with Crippen LogP contribution in [0.4, 0.5) is 5.69 Å². The molecule has 3 N–H and O–H groups in total. The lowest BCUT2D eigenvalue weighted by atomic mass is 10.1. The average molecular weight is 315 g/mol. The Hall–Kier alpha value is -3.02. The highest BCUT2D eigenvalue weighted by Crippen LogP contribution is 2.24. The van der Waals surface area contributed by atoms with Crippen molar-refractivity contribution in [1.29, 1.82) is 0 Å². The number of ether oxygens (including phenoxy) is 1. The largest absolute Gasteiger partial charge is 0.506 e. The van der Waals surface area contributed by atoms with Gasteiger partial charge in [-0.15, -0.1) is 0 Å². The van der Waals surface area contributed by atoms with E-state index in [9.17, 15) is 14.7 Å². The molecule has 1 amide bonds. The number of carboxylic acid groups (broad SMARTS) is 1. The molecule has 0 saturated carbocycles. The van der Waals surface area contributed by atoms with Gasteiger partial charge in [-0.25, -0.2) is 0 Å². The lowest BCUT2D eigenvalue weighted by Crippen LogP contribution is -2.15. The highest BCUT2D eigenvalue weighted by molar-refractivity contribution is 5.92. The Balaban J connectivity index is 1.88. The predicted molar refractivity (Wildman–Crippen MR) is 84.6 cm³/mol. The SMILES string of the molecule is O=C(O)Cc1ccc(O)c(NC(=O)CCOc2ccccc2)c1. The Morgan fingerprint density at radius 2 is 1.83 bits per heavy atom. The second-order valence-electron chi connectivity index (χ2n) is 4.88. The number of aliphatic carboxylic acids is 1. The van der Waals surface area contributed by atoms with E-state index >= 15 is 0 Å². The highest BCUT2D eigenvalue weighted by atomic mass is 16.5. The number of phenolic OH excluding ortho intramolecular Hbond substituents is 1. The van der Waals surface area contributed by atoms with Crippen LogP contribution in [0.3, 0.4) is 0 Å². The molecule has 23 heavy (non-hydrogen) atoms. The molecular formula is C17H17NO5. The smallest absolute Gasteiger partial charge is 0.307 e. The van der Waals surface area contributed by atoms with Crippen molar-refractivity contribution < 1.29 is 24.5 Å². The van der Waals surface area contributed by atoms with Gasteiger partial charge in [0.2, 0.25) is 5.91 Å². The fraction of sp³-hybridized carbons (Fsp3) is 0.176. The summed E-state index contributed by atoms with van der Waals surface area (Å²) >= 11 is 0. The van der Waals surface area contributed by atoms with Gasteiger partial charge >= 0.3 is 5.97 Å². The molecule has 0 spiro atoms. The van der Waals surface area contributed by atoms with Crippen LogP contribution in [0.5, 0.6) is 11.5 Å². The number of anilines is 1. The first-order valence-corrected chi connectivity index (χ1v) is 7.06. The van der Waals surface area contributed by atoms with Crippen LogP contribution in [-0.2, 0) is 16.0 Å². The van der Waals surface area contributed by atoms with Gasteiger partial charge in [-0.05, 0) is 29.8 Å². The zero-order valence-corrected chi connectivity index (χ0v) is 12.4. The summed E-state index contributed by atoms with van der Waals surface area (Å²) in [6.07, 6.45) is -0.0717. The molecule has 0 fully saturated rings. The zero-order chi connectivity index (χ0) is 16.7. The van der Waals surface area contributed by atoms with Gasteiger partial charge in [-0.3, -0.25) is 9.59 Å². The summed E-state index contributed by atoms with van der Waals surface area (Å²) in [4.78, 5) is 22.6. The molecule has 6 heteroatoms. The van der Waals surface area contributed by atoms with Crippen LogP contribution in [0.1, 0.15) is 12.0 Å². The summed E-state index contributed by atoms with van der Waals surface area (Å²) < 4.78 is 5.42. The maximum absolute atomic E-state index is 11.9. The number of phenols is 1. The van der Waals surface area contributed by atoms with E-state index in [4.69, 9.17) is 9.84 Å². The number of hydrogen-bond acceptors (Lipinski definition) is 4. The molecule has 0 aliphatic rings. The van der Waals surface area contributed by atoms with Crippen LogP contribution in [0.15, 0.2) is 48.5 Å². The van der Waals surface area contributed by atoms with Crippen molar-refractivity contribution in [3.05, 3.63) is 54.1 Å². The van der Waals surface area contributed by atoms with Crippen molar-refractivity contribution in [1.82, 2.24) is 0 Å². The summed E-state index contributed by atoms with van der Waals surface area (Å²) in [5, 5.41) is 21.0. The number of carboxylic acids is 1.